The van der Waals surface area contributed by atoms with Crippen LogP contribution in [0.1, 0.15) is 5.56 Å². The Morgan fingerprint density at radius 2 is 2.04 bits per heavy atom. The van der Waals surface area contributed by atoms with Gasteiger partial charge in [-0.15, -0.1) is 0 Å². The molecule has 3 aromatic rings. The normalized spacial score (nSPS) is 10.9. The summed E-state index contributed by atoms with van der Waals surface area (Å²) in [7, 11) is 1.71. The molecule has 3 rings (SSSR count). The van der Waals surface area contributed by atoms with E-state index in [9.17, 15) is 9.59 Å². The van der Waals surface area contributed by atoms with Crippen LogP contribution in [0.15, 0.2) is 41.6 Å². The second-order valence-electron chi connectivity index (χ2n) is 5.09. The maximum absolute atomic E-state index is 12.3. The lowest BCUT2D eigenvalue weighted by Gasteiger charge is -2.07. The zero-order valence-corrected chi connectivity index (χ0v) is 13.1. The Morgan fingerprint density at radius 1 is 1.30 bits per heavy atom. The van der Waals surface area contributed by atoms with Gasteiger partial charge in [-0.1, -0.05) is 23.7 Å². The standard InChI is InChI=1S/C15H14ClN5O2/c1-20-14-12(7-19-20)15(23)21(9-18-14)8-13(22)17-6-10-2-4-11(16)5-3-10/h2-5,7,9H,6,8H2,1H3,(H,17,22). The lowest BCUT2D eigenvalue weighted by atomic mass is 10.2. The number of nitrogens with one attached hydrogen (secondary N) is 1. The molecule has 2 aromatic heterocycles. The predicted octanol–water partition coefficient (Wildman–Crippen LogP) is 1.10. The first-order valence-corrected chi connectivity index (χ1v) is 7.30. The maximum Gasteiger partial charge on any atom is 0.264 e. The summed E-state index contributed by atoms with van der Waals surface area (Å²) >= 11 is 5.81. The number of carbonyl (C=O) groups excluding carboxylic acids is 1. The highest BCUT2D eigenvalue weighted by Gasteiger charge is 2.10. The van der Waals surface area contributed by atoms with Gasteiger partial charge in [0.25, 0.3) is 5.56 Å². The van der Waals surface area contributed by atoms with E-state index >= 15 is 0 Å². The molecule has 0 aliphatic carbocycles. The Balaban J connectivity index is 1.69. The fourth-order valence-electron chi connectivity index (χ4n) is 2.19. The van der Waals surface area contributed by atoms with Crippen molar-refractivity contribution in [2.45, 2.75) is 13.1 Å². The SMILES string of the molecule is Cn1ncc2c(=O)n(CC(=O)NCc3ccc(Cl)cc3)cnc21. The average Bonchev–Trinajstić information content (AvgIpc) is 2.92. The van der Waals surface area contributed by atoms with E-state index in [2.05, 4.69) is 15.4 Å². The Bertz CT molecular complexity index is 914. The molecule has 0 fully saturated rings. The molecule has 1 amide bonds. The van der Waals surface area contributed by atoms with Crippen molar-refractivity contribution in [3.05, 3.63) is 57.7 Å². The third-order valence-electron chi connectivity index (χ3n) is 3.44. The summed E-state index contributed by atoms with van der Waals surface area (Å²) in [6.07, 6.45) is 2.81. The molecular weight excluding hydrogens is 318 g/mol. The summed E-state index contributed by atoms with van der Waals surface area (Å²) in [5, 5.41) is 7.78. The Labute approximate surface area is 136 Å². The summed E-state index contributed by atoms with van der Waals surface area (Å²) in [4.78, 5) is 28.4. The number of aromatic nitrogens is 4. The predicted molar refractivity (Wildman–Crippen MR) is 86.1 cm³/mol. The van der Waals surface area contributed by atoms with Gasteiger partial charge in [0, 0.05) is 18.6 Å². The van der Waals surface area contributed by atoms with Crippen LogP contribution in [0.25, 0.3) is 11.0 Å². The maximum atomic E-state index is 12.3. The molecule has 0 bridgehead atoms. The van der Waals surface area contributed by atoms with Gasteiger partial charge in [0.2, 0.25) is 5.91 Å². The topological polar surface area (TPSA) is 81.8 Å². The summed E-state index contributed by atoms with van der Waals surface area (Å²) in [5.41, 5.74) is 1.13. The summed E-state index contributed by atoms with van der Waals surface area (Å²) in [6.45, 7) is 0.275. The van der Waals surface area contributed by atoms with Crippen LogP contribution in [0.4, 0.5) is 0 Å². The molecule has 0 saturated heterocycles. The molecule has 0 saturated carbocycles. The molecule has 0 aliphatic heterocycles. The number of rotatable bonds is 4. The van der Waals surface area contributed by atoms with E-state index in [0.29, 0.717) is 22.6 Å². The van der Waals surface area contributed by atoms with Crippen molar-refractivity contribution in [2.24, 2.45) is 7.05 Å². The molecule has 118 valence electrons. The molecule has 2 heterocycles. The highest BCUT2D eigenvalue weighted by atomic mass is 35.5. The first-order valence-electron chi connectivity index (χ1n) is 6.93. The minimum absolute atomic E-state index is 0.0930. The molecular formula is C15H14ClN5O2. The number of hydrogen-bond acceptors (Lipinski definition) is 4. The molecule has 0 spiro atoms. The Hall–Kier alpha value is -2.67. The van der Waals surface area contributed by atoms with E-state index in [1.54, 1.807) is 19.2 Å². The smallest absolute Gasteiger partial charge is 0.264 e. The fourth-order valence-corrected chi connectivity index (χ4v) is 2.32. The van der Waals surface area contributed by atoms with E-state index < -0.39 is 0 Å². The highest BCUT2D eigenvalue weighted by Crippen LogP contribution is 2.09. The average molecular weight is 332 g/mol. The van der Waals surface area contributed by atoms with E-state index in [1.807, 2.05) is 12.1 Å². The summed E-state index contributed by atoms with van der Waals surface area (Å²) < 4.78 is 2.78. The van der Waals surface area contributed by atoms with Crippen LogP contribution in [0, 0.1) is 0 Å². The summed E-state index contributed by atoms with van der Waals surface area (Å²) in [5.74, 6) is -0.271. The second-order valence-corrected chi connectivity index (χ2v) is 5.52. The molecule has 7 nitrogen and oxygen atoms in total. The minimum Gasteiger partial charge on any atom is -0.350 e. The molecule has 0 aliphatic rings. The molecule has 1 aromatic carbocycles. The number of fused-ring (bicyclic) bond motifs is 1. The largest absolute Gasteiger partial charge is 0.350 e. The first kappa shape index (κ1) is 15.2. The summed E-state index contributed by atoms with van der Waals surface area (Å²) in [6, 6.07) is 7.18. The molecule has 0 atom stereocenters. The first-order chi connectivity index (χ1) is 11.0. The minimum atomic E-state index is -0.287. The number of hydrogen-bond donors (Lipinski definition) is 1. The zero-order chi connectivity index (χ0) is 16.4. The van der Waals surface area contributed by atoms with Crippen LogP contribution in [0.3, 0.4) is 0 Å². The van der Waals surface area contributed by atoms with Crippen LogP contribution in [0.5, 0.6) is 0 Å². The fraction of sp³-hybridized carbons (Fsp3) is 0.200. The van der Waals surface area contributed by atoms with Crippen molar-refractivity contribution < 1.29 is 4.79 Å². The van der Waals surface area contributed by atoms with Gasteiger partial charge in [-0.25, -0.2) is 4.98 Å². The lowest BCUT2D eigenvalue weighted by Crippen LogP contribution is -2.32. The number of nitrogens with zero attached hydrogens (tertiary/aromatic N) is 4. The molecule has 0 unspecified atom stereocenters. The quantitative estimate of drug-likeness (QED) is 0.776. The van der Waals surface area contributed by atoms with Gasteiger partial charge in [-0.3, -0.25) is 18.8 Å². The van der Waals surface area contributed by atoms with E-state index in [4.69, 9.17) is 11.6 Å². The van der Waals surface area contributed by atoms with E-state index in [-0.39, 0.29) is 18.0 Å². The zero-order valence-electron chi connectivity index (χ0n) is 12.4. The van der Waals surface area contributed by atoms with E-state index in [0.717, 1.165) is 5.56 Å². The van der Waals surface area contributed by atoms with Gasteiger partial charge in [-0.2, -0.15) is 5.10 Å². The van der Waals surface area contributed by atoms with Crippen LogP contribution in [-0.2, 0) is 24.9 Å². The lowest BCUT2D eigenvalue weighted by molar-refractivity contribution is -0.121. The molecule has 8 heteroatoms. The molecule has 23 heavy (non-hydrogen) atoms. The molecule has 0 radical (unpaired) electrons. The van der Waals surface area contributed by atoms with Crippen LogP contribution >= 0.6 is 11.6 Å². The number of aryl methyl sites for hydroxylation is 1. The van der Waals surface area contributed by atoms with Crippen LogP contribution in [0.2, 0.25) is 5.02 Å². The van der Waals surface area contributed by atoms with Gasteiger partial charge >= 0.3 is 0 Å². The number of amides is 1. The van der Waals surface area contributed by atoms with Gasteiger partial charge in [0.05, 0.1) is 6.20 Å². The van der Waals surface area contributed by atoms with Crippen LogP contribution < -0.4 is 10.9 Å². The van der Waals surface area contributed by atoms with Gasteiger partial charge < -0.3 is 5.32 Å². The van der Waals surface area contributed by atoms with Gasteiger partial charge in [-0.05, 0) is 17.7 Å². The van der Waals surface area contributed by atoms with Crippen molar-refractivity contribution in [3.63, 3.8) is 0 Å². The number of carbonyl (C=O) groups is 1. The Kier molecular flexibility index (Phi) is 4.12. The third kappa shape index (κ3) is 3.24. The second kappa shape index (κ2) is 6.21. The highest BCUT2D eigenvalue weighted by molar-refractivity contribution is 6.30. The van der Waals surface area contributed by atoms with Crippen molar-refractivity contribution in [1.82, 2.24) is 24.6 Å². The monoisotopic (exact) mass is 331 g/mol. The van der Waals surface area contributed by atoms with Crippen LogP contribution in [-0.4, -0.2) is 25.2 Å². The van der Waals surface area contributed by atoms with Gasteiger partial charge in [0.15, 0.2) is 5.65 Å². The van der Waals surface area contributed by atoms with E-state index in [1.165, 1.54) is 21.8 Å². The number of halogens is 1. The Morgan fingerprint density at radius 3 is 2.78 bits per heavy atom. The number of benzene rings is 1. The van der Waals surface area contributed by atoms with Crippen molar-refractivity contribution in [3.8, 4) is 0 Å². The van der Waals surface area contributed by atoms with Crippen molar-refractivity contribution in [1.29, 1.82) is 0 Å². The third-order valence-corrected chi connectivity index (χ3v) is 3.69. The molecule has 1 N–H and O–H groups in total. The van der Waals surface area contributed by atoms with Crippen molar-refractivity contribution >= 4 is 28.5 Å². The van der Waals surface area contributed by atoms with Gasteiger partial charge in [0.1, 0.15) is 18.3 Å². The van der Waals surface area contributed by atoms with Crippen molar-refractivity contribution in [2.75, 3.05) is 0 Å².